The molecule has 7 nitrogen and oxygen atoms in total. The van der Waals surface area contributed by atoms with Gasteiger partial charge in [0.1, 0.15) is 5.82 Å². The molecule has 2 amide bonds. The maximum absolute atomic E-state index is 13.3. The maximum Gasteiger partial charge on any atom is 0.336 e. The molecule has 0 aliphatic carbocycles. The van der Waals surface area contributed by atoms with Crippen molar-refractivity contribution in [2.24, 2.45) is 0 Å². The Morgan fingerprint density at radius 3 is 2.09 bits per heavy atom. The molecule has 0 saturated carbocycles. The SMILES string of the molecule is CCCc1nc2c(C)cc(N3C(=O)c4ccccc4C3=O)cc2n1Cc1ccc(-c2cccc(C(C)(C)C)c2C(=O)O)cc1. The van der Waals surface area contributed by atoms with Crippen LogP contribution in [0.25, 0.3) is 22.2 Å². The van der Waals surface area contributed by atoms with Crippen molar-refractivity contribution in [3.8, 4) is 11.1 Å². The zero-order valence-corrected chi connectivity index (χ0v) is 25.6. The first-order valence-corrected chi connectivity index (χ1v) is 14.9. The van der Waals surface area contributed by atoms with Crippen LogP contribution in [0.4, 0.5) is 5.69 Å². The third-order valence-electron chi connectivity index (χ3n) is 8.33. The Bertz CT molecular complexity index is 1930. The van der Waals surface area contributed by atoms with Crippen molar-refractivity contribution < 1.29 is 19.5 Å². The van der Waals surface area contributed by atoms with Crippen LogP contribution >= 0.6 is 0 Å². The van der Waals surface area contributed by atoms with Gasteiger partial charge in [-0.15, -0.1) is 0 Å². The topological polar surface area (TPSA) is 92.5 Å². The van der Waals surface area contributed by atoms with E-state index in [4.69, 9.17) is 4.98 Å². The molecule has 1 aliphatic heterocycles. The summed E-state index contributed by atoms with van der Waals surface area (Å²) < 4.78 is 2.16. The minimum Gasteiger partial charge on any atom is -0.478 e. The predicted octanol–water partition coefficient (Wildman–Crippen LogP) is 7.81. The Balaban J connectivity index is 1.39. The summed E-state index contributed by atoms with van der Waals surface area (Å²) in [6.45, 7) is 10.7. The summed E-state index contributed by atoms with van der Waals surface area (Å²) in [6, 6.07) is 24.3. The van der Waals surface area contributed by atoms with Gasteiger partial charge in [-0.1, -0.05) is 82.3 Å². The van der Waals surface area contributed by atoms with Gasteiger partial charge in [0.25, 0.3) is 11.8 Å². The molecule has 0 radical (unpaired) electrons. The van der Waals surface area contributed by atoms with Crippen LogP contribution in [-0.2, 0) is 18.4 Å². The number of rotatable bonds is 7. The number of imidazole rings is 1. The Hall–Kier alpha value is -5.04. The highest BCUT2D eigenvalue weighted by Crippen LogP contribution is 2.35. The number of nitrogens with zero attached hydrogens (tertiary/aromatic N) is 3. The lowest BCUT2D eigenvalue weighted by Gasteiger charge is -2.23. The number of aromatic nitrogens is 2. The number of carbonyl (C=O) groups excluding carboxylic acids is 2. The number of benzene rings is 4. The van der Waals surface area contributed by atoms with Gasteiger partial charge in [0.15, 0.2) is 0 Å². The number of carboxylic acids is 1. The fourth-order valence-corrected chi connectivity index (χ4v) is 6.19. The second-order valence-electron chi connectivity index (χ2n) is 12.5. The fourth-order valence-electron chi connectivity index (χ4n) is 6.19. The molecule has 7 heteroatoms. The van der Waals surface area contributed by atoms with Gasteiger partial charge in [0.05, 0.1) is 33.4 Å². The van der Waals surface area contributed by atoms with E-state index in [0.717, 1.165) is 52.0 Å². The second-order valence-corrected chi connectivity index (χ2v) is 12.5. The van der Waals surface area contributed by atoms with Crippen LogP contribution in [0.1, 0.15) is 87.7 Å². The molecule has 4 aromatic carbocycles. The zero-order chi connectivity index (χ0) is 31.3. The minimum absolute atomic E-state index is 0.314. The molecule has 0 unspecified atom stereocenters. The first kappa shape index (κ1) is 29.1. The number of hydrogen-bond acceptors (Lipinski definition) is 4. The summed E-state index contributed by atoms with van der Waals surface area (Å²) in [6.07, 6.45) is 1.69. The van der Waals surface area contributed by atoms with Crippen LogP contribution < -0.4 is 4.90 Å². The fraction of sp³-hybridized carbons (Fsp3) is 0.243. The van der Waals surface area contributed by atoms with Crippen molar-refractivity contribution in [1.82, 2.24) is 9.55 Å². The number of fused-ring (bicyclic) bond motifs is 2. The molecule has 1 aliphatic rings. The van der Waals surface area contributed by atoms with Crippen molar-refractivity contribution in [3.05, 3.63) is 118 Å². The van der Waals surface area contributed by atoms with Gasteiger partial charge in [-0.25, -0.2) is 14.7 Å². The first-order chi connectivity index (χ1) is 21.0. The van der Waals surface area contributed by atoms with Crippen molar-refractivity contribution in [2.75, 3.05) is 4.90 Å². The lowest BCUT2D eigenvalue weighted by Crippen LogP contribution is -2.29. The number of aryl methyl sites for hydroxylation is 2. The van der Waals surface area contributed by atoms with Gasteiger partial charge in [-0.2, -0.15) is 0 Å². The van der Waals surface area contributed by atoms with E-state index in [-0.39, 0.29) is 17.2 Å². The third kappa shape index (κ3) is 4.88. The molecule has 0 atom stereocenters. The number of hydrogen-bond donors (Lipinski definition) is 1. The van der Waals surface area contributed by atoms with Crippen molar-refractivity contribution in [3.63, 3.8) is 0 Å². The van der Waals surface area contributed by atoms with Gasteiger partial charge < -0.3 is 9.67 Å². The van der Waals surface area contributed by atoms with E-state index < -0.39 is 5.97 Å². The van der Waals surface area contributed by atoms with Crippen LogP contribution in [0.2, 0.25) is 0 Å². The van der Waals surface area contributed by atoms with E-state index in [2.05, 4.69) is 11.5 Å². The van der Waals surface area contributed by atoms with Crippen LogP contribution in [-0.4, -0.2) is 32.4 Å². The molecule has 0 saturated heterocycles. The molecule has 0 fully saturated rings. The van der Waals surface area contributed by atoms with E-state index in [1.54, 1.807) is 24.3 Å². The number of carbonyl (C=O) groups is 3. The lowest BCUT2D eigenvalue weighted by atomic mass is 9.81. The smallest absolute Gasteiger partial charge is 0.336 e. The molecule has 44 heavy (non-hydrogen) atoms. The van der Waals surface area contributed by atoms with Crippen molar-refractivity contribution in [2.45, 2.75) is 59.4 Å². The van der Waals surface area contributed by atoms with Crippen LogP contribution in [0.5, 0.6) is 0 Å². The van der Waals surface area contributed by atoms with Gasteiger partial charge in [-0.3, -0.25) is 9.59 Å². The molecule has 2 heterocycles. The van der Waals surface area contributed by atoms with Crippen molar-refractivity contribution in [1.29, 1.82) is 0 Å². The normalized spacial score (nSPS) is 13.2. The quantitative estimate of drug-likeness (QED) is 0.197. The number of amides is 2. The largest absolute Gasteiger partial charge is 0.478 e. The molecule has 1 aromatic heterocycles. The standard InChI is InChI=1S/C37H35N3O4/c1-6-10-31-38-33-22(2)19-25(40-34(41)27-11-7-8-12-28(27)35(40)42)20-30(33)39(31)21-23-15-17-24(18-16-23)26-13-9-14-29(37(3,4)5)32(26)36(43)44/h7-9,11-20H,6,10,21H2,1-5H3,(H,43,44). The molecule has 0 bridgehead atoms. The maximum atomic E-state index is 13.3. The molecule has 0 spiro atoms. The van der Waals surface area contributed by atoms with Crippen LogP contribution in [0.3, 0.4) is 0 Å². The first-order valence-electron chi connectivity index (χ1n) is 14.9. The van der Waals surface area contributed by atoms with E-state index in [0.29, 0.717) is 34.5 Å². The molecule has 5 aromatic rings. The Morgan fingerprint density at radius 1 is 0.864 bits per heavy atom. The Labute approximate surface area is 256 Å². The van der Waals surface area contributed by atoms with Gasteiger partial charge in [0.2, 0.25) is 0 Å². The summed E-state index contributed by atoms with van der Waals surface area (Å²) in [5, 5.41) is 10.1. The average molecular weight is 586 g/mol. The van der Waals surface area contributed by atoms with Gasteiger partial charge in [-0.05, 0) is 70.8 Å². The van der Waals surface area contributed by atoms with Crippen LogP contribution in [0, 0.1) is 6.92 Å². The highest BCUT2D eigenvalue weighted by atomic mass is 16.4. The molecule has 1 N–H and O–H groups in total. The number of anilines is 1. The third-order valence-corrected chi connectivity index (χ3v) is 8.33. The second kappa shape index (κ2) is 10.9. The summed E-state index contributed by atoms with van der Waals surface area (Å²) in [4.78, 5) is 45.2. The summed E-state index contributed by atoms with van der Waals surface area (Å²) >= 11 is 0. The lowest BCUT2D eigenvalue weighted by molar-refractivity contribution is 0.0694. The predicted molar refractivity (Wildman–Crippen MR) is 173 cm³/mol. The summed E-state index contributed by atoms with van der Waals surface area (Å²) in [5.41, 5.74) is 7.31. The van der Waals surface area contributed by atoms with E-state index in [9.17, 15) is 19.5 Å². The number of carboxylic acid groups (broad SMARTS) is 1. The molecule has 222 valence electrons. The highest BCUT2D eigenvalue weighted by molar-refractivity contribution is 6.34. The van der Waals surface area contributed by atoms with E-state index >= 15 is 0 Å². The Morgan fingerprint density at radius 2 is 1.50 bits per heavy atom. The minimum atomic E-state index is -0.937. The molecule has 6 rings (SSSR count). The summed E-state index contributed by atoms with van der Waals surface area (Å²) in [5.74, 6) is -0.653. The van der Waals surface area contributed by atoms with Gasteiger partial charge >= 0.3 is 5.97 Å². The number of imide groups is 1. The summed E-state index contributed by atoms with van der Waals surface area (Å²) in [7, 11) is 0. The number of aromatic carboxylic acids is 1. The molecular formula is C37H35N3O4. The van der Waals surface area contributed by atoms with E-state index in [1.807, 2.05) is 82.3 Å². The van der Waals surface area contributed by atoms with Crippen molar-refractivity contribution >= 4 is 34.5 Å². The zero-order valence-electron chi connectivity index (χ0n) is 25.6. The average Bonchev–Trinajstić information content (AvgIpc) is 3.46. The Kier molecular flexibility index (Phi) is 7.20. The van der Waals surface area contributed by atoms with E-state index in [1.165, 1.54) is 4.90 Å². The van der Waals surface area contributed by atoms with Gasteiger partial charge in [0, 0.05) is 13.0 Å². The van der Waals surface area contributed by atoms with Crippen LogP contribution in [0.15, 0.2) is 78.9 Å². The molecular weight excluding hydrogens is 550 g/mol. The highest BCUT2D eigenvalue weighted by Gasteiger charge is 2.37. The monoisotopic (exact) mass is 585 g/mol.